The summed E-state index contributed by atoms with van der Waals surface area (Å²) in [5.74, 6) is -1.27. The maximum atomic E-state index is 15.1. The summed E-state index contributed by atoms with van der Waals surface area (Å²) in [5, 5.41) is 22.9. The highest BCUT2D eigenvalue weighted by Crippen LogP contribution is 2.35. The second-order valence-corrected chi connectivity index (χ2v) is 8.85. The van der Waals surface area contributed by atoms with E-state index in [1.165, 1.54) is 18.2 Å². The maximum Gasteiger partial charge on any atom is 0.212 e. The third-order valence-corrected chi connectivity index (χ3v) is 6.70. The second-order valence-electron chi connectivity index (χ2n) is 8.85. The molecular formula is C25H22F2N4O4. The van der Waals surface area contributed by atoms with E-state index in [0.717, 1.165) is 12.1 Å². The number of aliphatic hydroxyl groups excluding tert-OH is 1. The number of rotatable bonds is 4. The lowest BCUT2D eigenvalue weighted by molar-refractivity contribution is 0.00789. The van der Waals surface area contributed by atoms with Crippen LogP contribution in [0.1, 0.15) is 17.5 Å². The van der Waals surface area contributed by atoms with E-state index in [9.17, 15) is 10.4 Å². The van der Waals surface area contributed by atoms with E-state index in [2.05, 4.69) is 21.4 Å². The first-order valence-electron chi connectivity index (χ1n) is 11.4. The van der Waals surface area contributed by atoms with Crippen molar-refractivity contribution in [1.29, 1.82) is 5.26 Å². The average Bonchev–Trinajstić information content (AvgIpc) is 3.54. The lowest BCUT2D eigenvalue weighted by Gasteiger charge is -2.16. The van der Waals surface area contributed by atoms with E-state index in [1.807, 2.05) is 6.08 Å². The van der Waals surface area contributed by atoms with Crippen molar-refractivity contribution in [2.45, 2.75) is 30.8 Å². The Morgan fingerprint density at radius 3 is 2.69 bits per heavy atom. The monoisotopic (exact) mass is 480 g/mol. The Balaban J connectivity index is 1.34. The van der Waals surface area contributed by atoms with E-state index in [-0.39, 0.29) is 41.4 Å². The minimum absolute atomic E-state index is 0.0758. The lowest BCUT2D eigenvalue weighted by atomic mass is 9.97. The number of fused-ring (bicyclic) bond motifs is 2. The zero-order valence-corrected chi connectivity index (χ0v) is 18.6. The topological polar surface area (TPSA) is 112 Å². The third-order valence-electron chi connectivity index (χ3n) is 6.70. The molecule has 0 aliphatic carbocycles. The van der Waals surface area contributed by atoms with E-state index in [0.29, 0.717) is 24.0 Å². The number of halogens is 2. The summed E-state index contributed by atoms with van der Waals surface area (Å²) in [6.07, 6.45) is 0.439. The van der Waals surface area contributed by atoms with Crippen LogP contribution in [0.3, 0.4) is 0 Å². The molecule has 3 N–H and O–H groups in total. The third kappa shape index (κ3) is 3.77. The second kappa shape index (κ2) is 8.70. The summed E-state index contributed by atoms with van der Waals surface area (Å²) in [4.78, 5) is 7.42. The summed E-state index contributed by atoms with van der Waals surface area (Å²) in [5.41, 5.74) is 2.07. The Morgan fingerprint density at radius 2 is 1.94 bits per heavy atom. The molecule has 6 rings (SSSR count). The summed E-state index contributed by atoms with van der Waals surface area (Å²) >= 11 is 0. The zero-order valence-electron chi connectivity index (χ0n) is 18.6. The Kier molecular flexibility index (Phi) is 5.50. The van der Waals surface area contributed by atoms with E-state index in [1.54, 1.807) is 6.07 Å². The molecule has 3 aromatic rings. The molecule has 2 saturated heterocycles. The van der Waals surface area contributed by atoms with Gasteiger partial charge in [-0.05, 0) is 48.4 Å². The molecule has 1 unspecified atom stereocenters. The zero-order chi connectivity index (χ0) is 24.1. The Bertz CT molecular complexity index is 1360. The minimum atomic E-state index is -0.724. The molecule has 5 heterocycles. The number of ether oxygens (including phenoxy) is 3. The number of pyridine rings is 1. The van der Waals surface area contributed by atoms with Crippen LogP contribution in [0.5, 0.6) is 5.88 Å². The largest absolute Gasteiger partial charge is 0.469 e. The molecule has 4 atom stereocenters. The van der Waals surface area contributed by atoms with Crippen molar-refractivity contribution in [3.8, 4) is 23.2 Å². The Labute approximate surface area is 199 Å². The van der Waals surface area contributed by atoms with Crippen molar-refractivity contribution in [2.24, 2.45) is 0 Å². The van der Waals surface area contributed by atoms with Crippen LogP contribution in [0.15, 0.2) is 30.3 Å². The molecule has 0 radical (unpaired) electrons. The van der Waals surface area contributed by atoms with Crippen molar-refractivity contribution in [3.05, 3.63) is 53.1 Å². The maximum absolute atomic E-state index is 15.1. The number of hydrogen-bond acceptors (Lipinski definition) is 7. The molecular weight excluding hydrogens is 458 g/mol. The molecule has 8 nitrogen and oxygen atoms in total. The molecule has 2 aromatic heterocycles. The number of aromatic nitrogens is 2. The SMILES string of the molecule is N#Cc1c(O[C@@H]2COC3[C@H](O)CO[C@@H]32)[nH]c2ccc(-c3c(F)cc(C4=CCNCC4)cc3F)nc12. The van der Waals surface area contributed by atoms with Crippen molar-refractivity contribution >= 4 is 16.6 Å². The van der Waals surface area contributed by atoms with Gasteiger partial charge in [-0.25, -0.2) is 13.8 Å². The van der Waals surface area contributed by atoms with Gasteiger partial charge in [0, 0.05) is 6.54 Å². The van der Waals surface area contributed by atoms with Gasteiger partial charge in [-0.3, -0.25) is 0 Å². The smallest absolute Gasteiger partial charge is 0.212 e. The highest BCUT2D eigenvalue weighted by Gasteiger charge is 2.48. The molecule has 0 saturated carbocycles. The van der Waals surface area contributed by atoms with Crippen LogP contribution in [0, 0.1) is 23.0 Å². The van der Waals surface area contributed by atoms with Crippen molar-refractivity contribution in [1.82, 2.24) is 15.3 Å². The van der Waals surface area contributed by atoms with Gasteiger partial charge in [0.15, 0.2) is 6.10 Å². The van der Waals surface area contributed by atoms with E-state index >= 15 is 8.78 Å². The predicted octanol–water partition coefficient (Wildman–Crippen LogP) is 2.66. The number of H-pyrrole nitrogens is 1. The summed E-state index contributed by atoms with van der Waals surface area (Å²) in [6, 6.07) is 7.83. The minimum Gasteiger partial charge on any atom is -0.469 e. The fourth-order valence-corrected chi connectivity index (χ4v) is 4.96. The lowest BCUT2D eigenvalue weighted by Crippen LogP contribution is -2.34. The molecule has 3 aliphatic heterocycles. The molecule has 180 valence electrons. The fraction of sp³-hybridized carbons (Fsp3) is 0.360. The van der Waals surface area contributed by atoms with Gasteiger partial charge < -0.3 is 29.6 Å². The molecule has 1 aromatic carbocycles. The van der Waals surface area contributed by atoms with E-state index in [4.69, 9.17) is 14.2 Å². The summed E-state index contributed by atoms with van der Waals surface area (Å²) in [7, 11) is 0. The van der Waals surface area contributed by atoms with Gasteiger partial charge in [-0.15, -0.1) is 0 Å². The van der Waals surface area contributed by atoms with Gasteiger partial charge in [0.1, 0.15) is 47.1 Å². The first-order valence-corrected chi connectivity index (χ1v) is 11.4. The predicted molar refractivity (Wildman–Crippen MR) is 122 cm³/mol. The van der Waals surface area contributed by atoms with Crippen LogP contribution < -0.4 is 10.1 Å². The van der Waals surface area contributed by atoms with Gasteiger partial charge in [-0.2, -0.15) is 5.26 Å². The molecule has 10 heteroatoms. The Morgan fingerprint density at radius 1 is 1.14 bits per heavy atom. The normalized spacial score (nSPS) is 25.9. The number of hydrogen-bond donors (Lipinski definition) is 3. The van der Waals surface area contributed by atoms with Crippen molar-refractivity contribution < 1.29 is 28.1 Å². The highest BCUT2D eigenvalue weighted by atomic mass is 19.1. The number of benzene rings is 1. The first-order chi connectivity index (χ1) is 17.0. The number of aromatic amines is 1. The molecule has 3 aliphatic rings. The van der Waals surface area contributed by atoms with Crippen LogP contribution in [0.2, 0.25) is 0 Å². The van der Waals surface area contributed by atoms with Crippen molar-refractivity contribution in [3.63, 3.8) is 0 Å². The molecule has 0 bridgehead atoms. The van der Waals surface area contributed by atoms with Crippen LogP contribution in [-0.4, -0.2) is 65.8 Å². The molecule has 0 spiro atoms. The van der Waals surface area contributed by atoms with Gasteiger partial charge in [0.25, 0.3) is 0 Å². The average molecular weight is 480 g/mol. The molecule has 2 fully saturated rings. The fourth-order valence-electron chi connectivity index (χ4n) is 4.96. The van der Waals surface area contributed by atoms with Crippen LogP contribution in [0.4, 0.5) is 8.78 Å². The standard InChI is InChI=1S/C25H22F2N4O4/c26-15-7-13(12-3-5-29-6-4-12)8-16(27)21(15)17-1-2-18-22(30-17)14(9-28)25(31-18)35-20-11-34-23-19(32)10-33-24(20)23/h1-3,7-8,19-20,23-24,29,31-32H,4-6,10-11H2/t19-,20-,23?,24-/m1/s1. The number of aliphatic hydroxyl groups is 1. The van der Waals surface area contributed by atoms with Crippen LogP contribution >= 0.6 is 0 Å². The Hall–Kier alpha value is -3.36. The van der Waals surface area contributed by atoms with Gasteiger partial charge >= 0.3 is 0 Å². The van der Waals surface area contributed by atoms with Gasteiger partial charge in [0.2, 0.25) is 5.88 Å². The van der Waals surface area contributed by atoms with Gasteiger partial charge in [-0.1, -0.05) is 6.08 Å². The van der Waals surface area contributed by atoms with Gasteiger partial charge in [0.05, 0.1) is 30.0 Å². The van der Waals surface area contributed by atoms with Crippen LogP contribution in [-0.2, 0) is 9.47 Å². The number of nitrogens with zero attached hydrogens (tertiary/aromatic N) is 2. The molecule has 35 heavy (non-hydrogen) atoms. The highest BCUT2D eigenvalue weighted by molar-refractivity contribution is 5.87. The molecule has 0 amide bonds. The van der Waals surface area contributed by atoms with Crippen LogP contribution in [0.25, 0.3) is 27.9 Å². The number of nitriles is 1. The summed E-state index contributed by atoms with van der Waals surface area (Å²) in [6.45, 7) is 1.77. The summed E-state index contributed by atoms with van der Waals surface area (Å²) < 4.78 is 47.3. The van der Waals surface area contributed by atoms with E-state index < -0.39 is 36.1 Å². The first kappa shape index (κ1) is 22.1. The quantitative estimate of drug-likeness (QED) is 0.526. The number of nitrogens with one attached hydrogen (secondary N) is 2. The van der Waals surface area contributed by atoms with Crippen molar-refractivity contribution in [2.75, 3.05) is 26.3 Å².